The summed E-state index contributed by atoms with van der Waals surface area (Å²) in [7, 11) is 0. The lowest BCUT2D eigenvalue weighted by Crippen LogP contribution is -1.99. The molecule has 0 spiro atoms. The molecule has 0 atom stereocenters. The second kappa shape index (κ2) is 5.33. The number of carbonyl (C=O) groups is 1. The largest absolute Gasteiger partial charge is 0.478 e. The molecular weight excluding hydrogens is 268 g/mol. The van der Waals surface area contributed by atoms with Crippen LogP contribution in [0.2, 0.25) is 0 Å². The minimum atomic E-state index is -0.864. The highest BCUT2D eigenvalue weighted by Gasteiger charge is 2.12. The number of fused-ring (bicyclic) bond motifs is 1. The summed E-state index contributed by atoms with van der Waals surface area (Å²) < 4.78 is 0. The molecule has 0 bridgehead atoms. The second-order valence-corrected chi connectivity index (χ2v) is 6.31. The Kier molecular flexibility index (Phi) is 3.53. The molecule has 1 aliphatic rings. The van der Waals surface area contributed by atoms with Crippen LogP contribution in [0.15, 0.2) is 46.2 Å². The number of carboxylic acids is 1. The molecule has 2 nitrogen and oxygen atoms in total. The Morgan fingerprint density at radius 3 is 2.50 bits per heavy atom. The van der Waals surface area contributed by atoms with E-state index in [4.69, 9.17) is 5.11 Å². The standard InChI is InChI=1S/C17H16O2S/c1-11-9-14(7-8-16(11)17(18)19)20-15-6-5-12-3-2-4-13(12)10-15/h5-10H,2-4H2,1H3,(H,18,19). The zero-order valence-electron chi connectivity index (χ0n) is 11.3. The van der Waals surface area contributed by atoms with Gasteiger partial charge in [-0.2, -0.15) is 0 Å². The first kappa shape index (κ1) is 13.3. The molecule has 3 heteroatoms. The Morgan fingerprint density at radius 1 is 1.05 bits per heavy atom. The van der Waals surface area contributed by atoms with Gasteiger partial charge in [0.05, 0.1) is 5.56 Å². The van der Waals surface area contributed by atoms with Crippen molar-refractivity contribution in [2.75, 3.05) is 0 Å². The van der Waals surface area contributed by atoms with Gasteiger partial charge in [0.2, 0.25) is 0 Å². The summed E-state index contributed by atoms with van der Waals surface area (Å²) in [5, 5.41) is 9.05. The fourth-order valence-electron chi connectivity index (χ4n) is 2.69. The fraction of sp³-hybridized carbons (Fsp3) is 0.235. The zero-order valence-corrected chi connectivity index (χ0v) is 12.2. The molecule has 0 saturated heterocycles. The van der Waals surface area contributed by atoms with Crippen molar-refractivity contribution in [2.24, 2.45) is 0 Å². The summed E-state index contributed by atoms with van der Waals surface area (Å²) in [6, 6.07) is 12.2. The van der Waals surface area contributed by atoms with Crippen molar-refractivity contribution in [1.82, 2.24) is 0 Å². The van der Waals surface area contributed by atoms with E-state index in [-0.39, 0.29) is 0 Å². The molecule has 0 radical (unpaired) electrons. The zero-order chi connectivity index (χ0) is 14.1. The van der Waals surface area contributed by atoms with Gasteiger partial charge in [-0.25, -0.2) is 4.79 Å². The first-order chi connectivity index (χ1) is 9.63. The van der Waals surface area contributed by atoms with Gasteiger partial charge in [-0.15, -0.1) is 0 Å². The van der Waals surface area contributed by atoms with Crippen LogP contribution in [0, 0.1) is 6.92 Å². The molecule has 0 fully saturated rings. The van der Waals surface area contributed by atoms with Crippen LogP contribution in [0.4, 0.5) is 0 Å². The molecule has 0 aromatic heterocycles. The topological polar surface area (TPSA) is 37.3 Å². The van der Waals surface area contributed by atoms with E-state index in [0.29, 0.717) is 5.56 Å². The van der Waals surface area contributed by atoms with Gasteiger partial charge in [-0.3, -0.25) is 0 Å². The number of aryl methyl sites for hydroxylation is 3. The summed E-state index contributed by atoms with van der Waals surface area (Å²) in [6.07, 6.45) is 3.64. The van der Waals surface area contributed by atoms with Crippen LogP contribution < -0.4 is 0 Å². The molecule has 3 rings (SSSR count). The minimum Gasteiger partial charge on any atom is -0.478 e. The summed E-state index contributed by atoms with van der Waals surface area (Å²) in [4.78, 5) is 13.3. The Bertz CT molecular complexity index is 677. The number of carboxylic acid groups (broad SMARTS) is 1. The maximum Gasteiger partial charge on any atom is 0.335 e. The molecule has 20 heavy (non-hydrogen) atoms. The third-order valence-corrected chi connectivity index (χ3v) is 4.71. The van der Waals surface area contributed by atoms with Crippen molar-refractivity contribution in [3.8, 4) is 0 Å². The van der Waals surface area contributed by atoms with Crippen LogP contribution in [-0.4, -0.2) is 11.1 Å². The molecule has 0 heterocycles. The van der Waals surface area contributed by atoms with Crippen LogP contribution in [-0.2, 0) is 12.8 Å². The van der Waals surface area contributed by atoms with Crippen molar-refractivity contribution in [2.45, 2.75) is 36.0 Å². The fourth-order valence-corrected chi connectivity index (χ4v) is 3.67. The van der Waals surface area contributed by atoms with E-state index in [2.05, 4.69) is 18.2 Å². The highest BCUT2D eigenvalue weighted by Crippen LogP contribution is 2.32. The summed E-state index contributed by atoms with van der Waals surface area (Å²) in [5.74, 6) is -0.864. The first-order valence-electron chi connectivity index (χ1n) is 6.77. The molecule has 0 aliphatic heterocycles. The highest BCUT2D eigenvalue weighted by atomic mass is 32.2. The molecule has 0 amide bonds. The smallest absolute Gasteiger partial charge is 0.335 e. The molecule has 1 N–H and O–H groups in total. The van der Waals surface area contributed by atoms with E-state index in [9.17, 15) is 4.79 Å². The number of hydrogen-bond donors (Lipinski definition) is 1. The number of benzene rings is 2. The first-order valence-corrected chi connectivity index (χ1v) is 7.59. The lowest BCUT2D eigenvalue weighted by molar-refractivity contribution is 0.0696. The van der Waals surface area contributed by atoms with Crippen molar-refractivity contribution >= 4 is 17.7 Å². The molecule has 1 aliphatic carbocycles. The average molecular weight is 284 g/mol. The van der Waals surface area contributed by atoms with Crippen molar-refractivity contribution in [3.63, 3.8) is 0 Å². The lowest BCUT2D eigenvalue weighted by Gasteiger charge is -2.07. The average Bonchev–Trinajstić information content (AvgIpc) is 2.85. The monoisotopic (exact) mass is 284 g/mol. The second-order valence-electron chi connectivity index (χ2n) is 5.17. The SMILES string of the molecule is Cc1cc(Sc2ccc3c(c2)CCC3)ccc1C(=O)O. The molecule has 102 valence electrons. The van der Waals surface area contributed by atoms with Crippen LogP contribution >= 0.6 is 11.8 Å². The van der Waals surface area contributed by atoms with Crippen LogP contribution in [0.1, 0.15) is 33.5 Å². The Labute approximate surface area is 122 Å². The molecular formula is C17H16O2S. The minimum absolute atomic E-state index is 0.378. The maximum atomic E-state index is 11.0. The summed E-state index contributed by atoms with van der Waals surface area (Å²) >= 11 is 1.70. The Hall–Kier alpha value is -1.74. The van der Waals surface area contributed by atoms with Crippen molar-refractivity contribution < 1.29 is 9.90 Å². The lowest BCUT2D eigenvalue weighted by atomic mass is 10.1. The van der Waals surface area contributed by atoms with Crippen LogP contribution in [0.3, 0.4) is 0 Å². The molecule has 0 unspecified atom stereocenters. The highest BCUT2D eigenvalue weighted by molar-refractivity contribution is 7.99. The van der Waals surface area contributed by atoms with Gasteiger partial charge in [-0.05, 0) is 73.2 Å². The molecule has 2 aromatic carbocycles. The van der Waals surface area contributed by atoms with Gasteiger partial charge in [0.15, 0.2) is 0 Å². The van der Waals surface area contributed by atoms with Gasteiger partial charge in [0.1, 0.15) is 0 Å². The third kappa shape index (κ3) is 2.59. The number of aromatic carboxylic acids is 1. The molecule has 2 aromatic rings. The van der Waals surface area contributed by atoms with Gasteiger partial charge >= 0.3 is 5.97 Å². The van der Waals surface area contributed by atoms with E-state index in [1.54, 1.807) is 17.8 Å². The van der Waals surface area contributed by atoms with Crippen LogP contribution in [0.25, 0.3) is 0 Å². The van der Waals surface area contributed by atoms with E-state index in [1.165, 1.54) is 35.3 Å². The van der Waals surface area contributed by atoms with Gasteiger partial charge in [0.25, 0.3) is 0 Å². The van der Waals surface area contributed by atoms with E-state index >= 15 is 0 Å². The molecule has 0 saturated carbocycles. The Morgan fingerprint density at radius 2 is 1.75 bits per heavy atom. The van der Waals surface area contributed by atoms with Gasteiger partial charge in [0, 0.05) is 9.79 Å². The third-order valence-electron chi connectivity index (χ3n) is 3.73. The number of rotatable bonds is 3. The van der Waals surface area contributed by atoms with Gasteiger partial charge < -0.3 is 5.11 Å². The maximum absolute atomic E-state index is 11.0. The summed E-state index contributed by atoms with van der Waals surface area (Å²) in [5.41, 5.74) is 4.13. The van der Waals surface area contributed by atoms with E-state index < -0.39 is 5.97 Å². The van der Waals surface area contributed by atoms with E-state index in [1.807, 2.05) is 19.1 Å². The van der Waals surface area contributed by atoms with E-state index in [0.717, 1.165) is 10.5 Å². The Balaban J connectivity index is 1.84. The predicted octanol–water partition coefficient (Wildman–Crippen LogP) is 4.33. The number of hydrogen-bond acceptors (Lipinski definition) is 2. The predicted molar refractivity (Wildman–Crippen MR) is 80.7 cm³/mol. The van der Waals surface area contributed by atoms with Crippen molar-refractivity contribution in [3.05, 3.63) is 58.7 Å². The normalized spacial score (nSPS) is 13.2. The van der Waals surface area contributed by atoms with Gasteiger partial charge in [-0.1, -0.05) is 17.8 Å². The van der Waals surface area contributed by atoms with Crippen molar-refractivity contribution in [1.29, 1.82) is 0 Å². The summed E-state index contributed by atoms with van der Waals surface area (Å²) in [6.45, 7) is 1.84. The quantitative estimate of drug-likeness (QED) is 0.911. The van der Waals surface area contributed by atoms with Crippen LogP contribution in [0.5, 0.6) is 0 Å².